The fraction of sp³-hybridized carbons (Fsp3) is 0.400. The van der Waals surface area contributed by atoms with Gasteiger partial charge < -0.3 is 5.11 Å². The number of sulfonamides is 1. The maximum Gasteiger partial charge on any atom is 0.270 e. The summed E-state index contributed by atoms with van der Waals surface area (Å²) in [6.45, 7) is 1.64. The summed E-state index contributed by atoms with van der Waals surface area (Å²) in [6.07, 6.45) is -0.654. The van der Waals surface area contributed by atoms with Gasteiger partial charge in [-0.05, 0) is 12.5 Å². The Morgan fingerprint density at radius 1 is 1.44 bits per heavy atom. The minimum absolute atomic E-state index is 0.0322. The second kappa shape index (κ2) is 4.30. The number of aliphatic hydroxyl groups is 1. The van der Waals surface area contributed by atoms with Gasteiger partial charge in [0, 0.05) is 25.2 Å². The third-order valence-corrected chi connectivity index (χ3v) is 4.80. The third-order valence-electron chi connectivity index (χ3n) is 2.83. The maximum absolute atomic E-state index is 12.1. The fourth-order valence-electron chi connectivity index (χ4n) is 1.73. The van der Waals surface area contributed by atoms with Crippen LogP contribution in [0.2, 0.25) is 0 Å². The maximum atomic E-state index is 12.1. The fourth-order valence-corrected chi connectivity index (χ4v) is 3.49. The Morgan fingerprint density at radius 3 is 2.56 bits per heavy atom. The van der Waals surface area contributed by atoms with Crippen molar-refractivity contribution in [1.29, 1.82) is 0 Å². The Labute approximate surface area is 104 Å². The zero-order valence-electron chi connectivity index (χ0n) is 9.61. The topological polar surface area (TPSA) is 101 Å². The molecular formula is C10H12N2O5S. The van der Waals surface area contributed by atoms with E-state index < -0.39 is 21.1 Å². The highest BCUT2D eigenvalue weighted by molar-refractivity contribution is 7.89. The van der Waals surface area contributed by atoms with Crippen molar-refractivity contribution in [2.45, 2.75) is 17.9 Å². The van der Waals surface area contributed by atoms with E-state index in [1.165, 1.54) is 12.1 Å². The van der Waals surface area contributed by atoms with Crippen molar-refractivity contribution < 1.29 is 18.4 Å². The Bertz CT molecular complexity index is 592. The quantitative estimate of drug-likeness (QED) is 0.628. The molecule has 18 heavy (non-hydrogen) atoms. The van der Waals surface area contributed by atoms with Crippen molar-refractivity contribution in [2.75, 3.05) is 13.1 Å². The van der Waals surface area contributed by atoms with Crippen LogP contribution in [-0.2, 0) is 10.0 Å². The van der Waals surface area contributed by atoms with Crippen molar-refractivity contribution in [1.82, 2.24) is 4.31 Å². The average Bonchev–Trinajstić information content (AvgIpc) is 2.24. The molecule has 7 nitrogen and oxygen atoms in total. The molecule has 1 saturated heterocycles. The molecule has 1 N–H and O–H groups in total. The van der Waals surface area contributed by atoms with Gasteiger partial charge in [0.1, 0.15) is 0 Å². The lowest BCUT2D eigenvalue weighted by atomic mass is 10.2. The van der Waals surface area contributed by atoms with Crippen LogP contribution in [0.15, 0.2) is 23.1 Å². The highest BCUT2D eigenvalue weighted by atomic mass is 32.2. The molecule has 0 aromatic heterocycles. The number of non-ortho nitro benzene ring substituents is 1. The molecule has 0 atom stereocenters. The average molecular weight is 272 g/mol. The lowest BCUT2D eigenvalue weighted by molar-refractivity contribution is -0.385. The van der Waals surface area contributed by atoms with Crippen LogP contribution < -0.4 is 0 Å². The first-order valence-electron chi connectivity index (χ1n) is 5.25. The van der Waals surface area contributed by atoms with Gasteiger partial charge in [0.15, 0.2) is 0 Å². The molecule has 0 spiro atoms. The van der Waals surface area contributed by atoms with Crippen molar-refractivity contribution >= 4 is 15.7 Å². The first-order chi connectivity index (χ1) is 8.32. The molecule has 0 bridgehead atoms. The molecule has 1 aliphatic rings. The van der Waals surface area contributed by atoms with Crippen LogP contribution in [-0.4, -0.2) is 41.9 Å². The molecule has 0 radical (unpaired) electrons. The van der Waals surface area contributed by atoms with Crippen LogP contribution in [0.25, 0.3) is 0 Å². The van der Waals surface area contributed by atoms with E-state index in [9.17, 15) is 18.5 Å². The van der Waals surface area contributed by atoms with Crippen LogP contribution in [0, 0.1) is 17.0 Å². The van der Waals surface area contributed by atoms with E-state index in [4.69, 9.17) is 5.11 Å². The Kier molecular flexibility index (Phi) is 3.09. The van der Waals surface area contributed by atoms with Crippen molar-refractivity contribution in [2.24, 2.45) is 0 Å². The smallest absolute Gasteiger partial charge is 0.270 e. The van der Waals surface area contributed by atoms with Gasteiger partial charge >= 0.3 is 0 Å². The predicted octanol–water partition coefficient (Wildman–Crippen LogP) is 0.268. The van der Waals surface area contributed by atoms with E-state index in [0.717, 1.165) is 10.4 Å². The van der Waals surface area contributed by atoms with Gasteiger partial charge in [-0.2, -0.15) is 4.31 Å². The van der Waals surface area contributed by atoms with E-state index in [1.54, 1.807) is 6.92 Å². The van der Waals surface area contributed by atoms with Gasteiger partial charge in [0.05, 0.1) is 15.9 Å². The summed E-state index contributed by atoms with van der Waals surface area (Å²) in [5, 5.41) is 19.8. The van der Waals surface area contributed by atoms with E-state index in [0.29, 0.717) is 5.56 Å². The summed E-state index contributed by atoms with van der Waals surface area (Å²) in [6, 6.07) is 3.72. The predicted molar refractivity (Wildman–Crippen MR) is 62.6 cm³/mol. The lowest BCUT2D eigenvalue weighted by Crippen LogP contribution is -2.53. The number of nitro groups is 1. The Hall–Kier alpha value is -1.51. The summed E-state index contributed by atoms with van der Waals surface area (Å²) >= 11 is 0. The van der Waals surface area contributed by atoms with Crippen LogP contribution >= 0.6 is 0 Å². The first kappa shape index (κ1) is 12.9. The molecule has 8 heteroatoms. The molecule has 1 heterocycles. The molecule has 1 aromatic carbocycles. The van der Waals surface area contributed by atoms with E-state index in [2.05, 4.69) is 0 Å². The minimum Gasteiger partial charge on any atom is -0.390 e. The summed E-state index contributed by atoms with van der Waals surface area (Å²) in [7, 11) is -3.75. The van der Waals surface area contributed by atoms with Gasteiger partial charge in [-0.25, -0.2) is 8.42 Å². The molecule has 0 aliphatic carbocycles. The molecule has 1 fully saturated rings. The summed E-state index contributed by atoms with van der Waals surface area (Å²) in [5.74, 6) is 0. The van der Waals surface area contributed by atoms with Gasteiger partial charge in [-0.15, -0.1) is 0 Å². The SMILES string of the molecule is Cc1ccc([N+](=O)[O-])cc1S(=O)(=O)N1CC(O)C1. The molecule has 0 amide bonds. The first-order valence-corrected chi connectivity index (χ1v) is 6.69. The Balaban J connectivity index is 2.44. The van der Waals surface area contributed by atoms with Gasteiger partial charge in [-0.1, -0.05) is 6.07 Å². The highest BCUT2D eigenvalue weighted by Gasteiger charge is 2.36. The molecule has 2 rings (SSSR count). The van der Waals surface area contributed by atoms with Crippen molar-refractivity contribution in [3.8, 4) is 0 Å². The summed E-state index contributed by atoms with van der Waals surface area (Å²) in [4.78, 5) is 9.94. The number of aliphatic hydroxyl groups excluding tert-OH is 1. The summed E-state index contributed by atoms with van der Waals surface area (Å²) in [5.41, 5.74) is 0.183. The van der Waals surface area contributed by atoms with Crippen molar-refractivity contribution in [3.05, 3.63) is 33.9 Å². The third kappa shape index (κ3) is 2.09. The monoisotopic (exact) mass is 272 g/mol. The molecular weight excluding hydrogens is 260 g/mol. The number of rotatable bonds is 3. The van der Waals surface area contributed by atoms with Crippen molar-refractivity contribution in [3.63, 3.8) is 0 Å². The number of β-amino-alcohol motifs (C(OH)–C–C–N with tert-alkyl or cyclic N) is 1. The Morgan fingerprint density at radius 2 is 2.06 bits per heavy atom. The van der Waals surface area contributed by atoms with Crippen LogP contribution in [0.4, 0.5) is 5.69 Å². The van der Waals surface area contributed by atoms with Crippen LogP contribution in [0.3, 0.4) is 0 Å². The second-order valence-electron chi connectivity index (χ2n) is 4.18. The highest BCUT2D eigenvalue weighted by Crippen LogP contribution is 2.27. The normalized spacial score (nSPS) is 17.4. The lowest BCUT2D eigenvalue weighted by Gasteiger charge is -2.34. The number of nitrogens with zero attached hydrogens (tertiary/aromatic N) is 2. The number of benzene rings is 1. The van der Waals surface area contributed by atoms with Crippen LogP contribution in [0.1, 0.15) is 5.56 Å². The standard InChI is InChI=1S/C10H12N2O5S/c1-7-2-3-8(12(14)15)4-10(7)18(16,17)11-5-9(13)6-11/h2-4,9,13H,5-6H2,1H3. The van der Waals surface area contributed by atoms with E-state index >= 15 is 0 Å². The van der Waals surface area contributed by atoms with Gasteiger partial charge in [0.25, 0.3) is 5.69 Å². The van der Waals surface area contributed by atoms with E-state index in [1.807, 2.05) is 0 Å². The summed E-state index contributed by atoms with van der Waals surface area (Å²) < 4.78 is 25.4. The molecule has 0 unspecified atom stereocenters. The van der Waals surface area contributed by atoms with Crippen LogP contribution in [0.5, 0.6) is 0 Å². The number of nitro benzene ring substituents is 1. The molecule has 98 valence electrons. The minimum atomic E-state index is -3.75. The zero-order chi connectivity index (χ0) is 13.5. The largest absolute Gasteiger partial charge is 0.390 e. The van der Waals surface area contributed by atoms with Gasteiger partial charge in [0.2, 0.25) is 10.0 Å². The number of hydrogen-bond acceptors (Lipinski definition) is 5. The van der Waals surface area contributed by atoms with E-state index in [-0.39, 0.29) is 23.7 Å². The second-order valence-corrected chi connectivity index (χ2v) is 6.09. The number of hydrogen-bond donors (Lipinski definition) is 1. The molecule has 0 saturated carbocycles. The number of aryl methyl sites for hydroxylation is 1. The molecule has 1 aliphatic heterocycles. The zero-order valence-corrected chi connectivity index (χ0v) is 10.4. The van der Waals surface area contributed by atoms with Gasteiger partial charge in [-0.3, -0.25) is 10.1 Å². The molecule has 1 aromatic rings.